The van der Waals surface area contributed by atoms with Crippen molar-refractivity contribution in [2.24, 2.45) is 0 Å². The average molecular weight is 397 g/mol. The largest absolute Gasteiger partial charge is 0.481 e. The van der Waals surface area contributed by atoms with Crippen molar-refractivity contribution in [3.63, 3.8) is 0 Å². The number of carbonyl (C=O) groups is 2. The van der Waals surface area contributed by atoms with Gasteiger partial charge in [-0.15, -0.1) is 0 Å². The Kier molecular flexibility index (Phi) is 5.41. The molecule has 0 radical (unpaired) electrons. The quantitative estimate of drug-likeness (QED) is 0.839. The molecule has 154 valence electrons. The van der Waals surface area contributed by atoms with E-state index in [2.05, 4.69) is 5.10 Å². The van der Waals surface area contributed by atoms with E-state index in [0.29, 0.717) is 25.1 Å². The third-order valence-electron chi connectivity index (χ3n) is 6.13. The van der Waals surface area contributed by atoms with Crippen LogP contribution in [-0.2, 0) is 16.0 Å². The lowest BCUT2D eigenvalue weighted by molar-refractivity contribution is -0.136. The van der Waals surface area contributed by atoms with E-state index in [1.165, 1.54) is 0 Å². The number of morpholine rings is 1. The molecule has 1 aromatic heterocycles. The smallest absolute Gasteiger partial charge is 0.303 e. The predicted molar refractivity (Wildman–Crippen MR) is 107 cm³/mol. The summed E-state index contributed by atoms with van der Waals surface area (Å²) in [7, 11) is 0. The number of fused-ring (bicyclic) bond motifs is 1. The van der Waals surface area contributed by atoms with Gasteiger partial charge in [0.15, 0.2) is 0 Å². The number of benzene rings is 1. The van der Waals surface area contributed by atoms with Crippen LogP contribution in [0.25, 0.3) is 5.69 Å². The highest BCUT2D eigenvalue weighted by Gasteiger charge is 2.38. The van der Waals surface area contributed by atoms with Gasteiger partial charge in [-0.3, -0.25) is 9.59 Å². The monoisotopic (exact) mass is 397 g/mol. The van der Waals surface area contributed by atoms with Crippen molar-refractivity contribution < 1.29 is 19.4 Å². The van der Waals surface area contributed by atoms with Crippen LogP contribution in [0, 0.1) is 13.8 Å². The summed E-state index contributed by atoms with van der Waals surface area (Å²) < 4.78 is 7.64. The summed E-state index contributed by atoms with van der Waals surface area (Å²) in [5.41, 5.74) is 4.28. The van der Waals surface area contributed by atoms with Gasteiger partial charge in [0.25, 0.3) is 5.91 Å². The lowest BCUT2D eigenvalue weighted by Gasteiger charge is -2.37. The van der Waals surface area contributed by atoms with Gasteiger partial charge in [0.1, 0.15) is 0 Å². The number of hydrogen-bond donors (Lipinski definition) is 1. The van der Waals surface area contributed by atoms with Crippen molar-refractivity contribution in [3.05, 3.63) is 46.8 Å². The van der Waals surface area contributed by atoms with Crippen LogP contribution in [-0.4, -0.2) is 57.0 Å². The van der Waals surface area contributed by atoms with Crippen molar-refractivity contribution in [3.8, 4) is 5.69 Å². The van der Waals surface area contributed by atoms with Crippen LogP contribution in [0.3, 0.4) is 0 Å². The maximum absolute atomic E-state index is 13.1. The molecule has 1 aliphatic heterocycles. The number of carboxylic acids is 1. The molecule has 2 aliphatic rings. The molecule has 0 unspecified atom stereocenters. The van der Waals surface area contributed by atoms with Crippen LogP contribution in [0.5, 0.6) is 0 Å². The Morgan fingerprint density at radius 3 is 2.69 bits per heavy atom. The van der Waals surface area contributed by atoms with Gasteiger partial charge in [0.2, 0.25) is 0 Å². The van der Waals surface area contributed by atoms with Crippen LogP contribution in [0.15, 0.2) is 24.3 Å². The van der Waals surface area contributed by atoms with E-state index >= 15 is 0 Å². The third-order valence-corrected chi connectivity index (χ3v) is 6.13. The van der Waals surface area contributed by atoms with Gasteiger partial charge < -0.3 is 14.7 Å². The molecule has 0 spiro atoms. The Morgan fingerprint density at radius 1 is 1.21 bits per heavy atom. The second-order valence-electron chi connectivity index (χ2n) is 7.91. The highest BCUT2D eigenvalue weighted by Crippen LogP contribution is 2.30. The number of amides is 1. The molecule has 2 fully saturated rings. The zero-order chi connectivity index (χ0) is 20.5. The fourth-order valence-electron chi connectivity index (χ4n) is 4.61. The SMILES string of the molecule is Cc1nn(-c2ccc(C(=O)N3CCO[C@@H]4CCC[C@H]43)cc2)c(C)c1CCC(=O)O. The van der Waals surface area contributed by atoms with E-state index in [1.807, 2.05) is 47.7 Å². The van der Waals surface area contributed by atoms with Crippen LogP contribution in [0.4, 0.5) is 0 Å². The summed E-state index contributed by atoms with van der Waals surface area (Å²) in [6, 6.07) is 7.71. The fourth-order valence-corrected chi connectivity index (χ4v) is 4.61. The minimum absolute atomic E-state index is 0.0623. The normalized spacial score (nSPS) is 21.2. The summed E-state index contributed by atoms with van der Waals surface area (Å²) >= 11 is 0. The van der Waals surface area contributed by atoms with Crippen LogP contribution in [0.1, 0.15) is 53.0 Å². The minimum atomic E-state index is -0.813. The number of aryl methyl sites for hydroxylation is 1. The standard InChI is InChI=1S/C22H27N3O4/c1-14-18(10-11-21(26)27)15(2)25(23-14)17-8-6-16(7-9-17)22(28)24-12-13-29-20-5-3-4-19(20)24/h6-9,19-20H,3-5,10-13H2,1-2H3,(H,26,27)/t19-,20-/m1/s1. The summed E-state index contributed by atoms with van der Waals surface area (Å²) in [5, 5.41) is 13.5. The zero-order valence-corrected chi connectivity index (χ0v) is 16.9. The first-order valence-corrected chi connectivity index (χ1v) is 10.3. The number of carbonyl (C=O) groups excluding carboxylic acids is 1. The second kappa shape index (κ2) is 7.99. The minimum Gasteiger partial charge on any atom is -0.481 e. The lowest BCUT2D eigenvalue weighted by Crippen LogP contribution is -2.51. The molecule has 1 N–H and O–H groups in total. The number of aromatic nitrogens is 2. The number of rotatable bonds is 5. The molecule has 1 aliphatic carbocycles. The zero-order valence-electron chi connectivity index (χ0n) is 16.9. The molecule has 1 saturated carbocycles. The molecule has 7 nitrogen and oxygen atoms in total. The second-order valence-corrected chi connectivity index (χ2v) is 7.91. The predicted octanol–water partition coefficient (Wildman–Crippen LogP) is 2.90. The maximum atomic E-state index is 13.1. The molecule has 1 saturated heterocycles. The van der Waals surface area contributed by atoms with Gasteiger partial charge in [-0.1, -0.05) is 0 Å². The molecule has 1 amide bonds. The number of hydrogen-bond acceptors (Lipinski definition) is 4. The molecular formula is C22H27N3O4. The maximum Gasteiger partial charge on any atom is 0.303 e. The molecule has 0 bridgehead atoms. The molecule has 2 aromatic rings. The summed E-state index contributed by atoms with van der Waals surface area (Å²) in [6.45, 7) is 5.10. The Hall–Kier alpha value is -2.67. The number of carboxylic acid groups (broad SMARTS) is 1. The summed E-state index contributed by atoms with van der Waals surface area (Å²) in [6.07, 6.45) is 3.90. The highest BCUT2D eigenvalue weighted by molar-refractivity contribution is 5.94. The Morgan fingerprint density at radius 2 is 1.97 bits per heavy atom. The third kappa shape index (κ3) is 3.79. The van der Waals surface area contributed by atoms with E-state index in [1.54, 1.807) is 0 Å². The fraction of sp³-hybridized carbons (Fsp3) is 0.500. The Balaban J connectivity index is 1.53. The Bertz CT molecular complexity index is 919. The van der Waals surface area contributed by atoms with E-state index in [9.17, 15) is 9.59 Å². The number of aliphatic carboxylic acids is 1. The molecule has 2 heterocycles. The van der Waals surface area contributed by atoms with Gasteiger partial charge in [0.05, 0.1) is 30.1 Å². The van der Waals surface area contributed by atoms with Gasteiger partial charge in [-0.2, -0.15) is 5.10 Å². The van der Waals surface area contributed by atoms with E-state index in [-0.39, 0.29) is 24.5 Å². The summed E-state index contributed by atoms with van der Waals surface area (Å²) in [4.78, 5) is 25.9. The van der Waals surface area contributed by atoms with Gasteiger partial charge >= 0.3 is 5.97 Å². The first-order valence-electron chi connectivity index (χ1n) is 10.3. The van der Waals surface area contributed by atoms with E-state index < -0.39 is 5.97 Å². The molecule has 2 atom stereocenters. The highest BCUT2D eigenvalue weighted by atomic mass is 16.5. The first kappa shape index (κ1) is 19.6. The molecule has 7 heteroatoms. The molecule has 1 aromatic carbocycles. The summed E-state index contributed by atoms with van der Waals surface area (Å²) in [5.74, 6) is -0.751. The average Bonchev–Trinajstić information content (AvgIpc) is 3.30. The van der Waals surface area contributed by atoms with E-state index in [0.717, 1.165) is 41.9 Å². The van der Waals surface area contributed by atoms with Crippen molar-refractivity contribution in [2.75, 3.05) is 13.2 Å². The van der Waals surface area contributed by atoms with Gasteiger partial charge in [0, 0.05) is 24.2 Å². The molecular weight excluding hydrogens is 370 g/mol. The van der Waals surface area contributed by atoms with Crippen LogP contribution in [0.2, 0.25) is 0 Å². The number of nitrogens with zero attached hydrogens (tertiary/aromatic N) is 3. The number of ether oxygens (including phenoxy) is 1. The van der Waals surface area contributed by atoms with Crippen LogP contribution < -0.4 is 0 Å². The van der Waals surface area contributed by atoms with Crippen molar-refractivity contribution in [1.29, 1.82) is 0 Å². The first-order chi connectivity index (χ1) is 14.0. The topological polar surface area (TPSA) is 84.7 Å². The van der Waals surface area contributed by atoms with Crippen molar-refractivity contribution in [2.45, 2.75) is 58.1 Å². The van der Waals surface area contributed by atoms with Crippen molar-refractivity contribution >= 4 is 11.9 Å². The van der Waals surface area contributed by atoms with Gasteiger partial charge in [-0.05, 0) is 69.4 Å². The lowest BCUT2D eigenvalue weighted by atomic mass is 10.1. The van der Waals surface area contributed by atoms with Crippen molar-refractivity contribution in [1.82, 2.24) is 14.7 Å². The van der Waals surface area contributed by atoms with E-state index in [4.69, 9.17) is 9.84 Å². The van der Waals surface area contributed by atoms with Crippen LogP contribution >= 0.6 is 0 Å². The van der Waals surface area contributed by atoms with Gasteiger partial charge in [-0.25, -0.2) is 4.68 Å². The molecule has 29 heavy (non-hydrogen) atoms. The molecule has 4 rings (SSSR count). The Labute approximate surface area is 170 Å².